The smallest absolute Gasteiger partial charge is 0.168 e. The number of pyridine rings is 1. The van der Waals surface area contributed by atoms with Crippen molar-refractivity contribution in [3.63, 3.8) is 0 Å². The van der Waals surface area contributed by atoms with Gasteiger partial charge in [-0.15, -0.1) is 10.2 Å². The zero-order chi connectivity index (χ0) is 12.7. The van der Waals surface area contributed by atoms with Crippen molar-refractivity contribution in [2.45, 2.75) is 0 Å². The molecule has 2 aromatic heterocycles. The average molecular weight is 368 g/mol. The van der Waals surface area contributed by atoms with Crippen molar-refractivity contribution in [3.8, 4) is 11.4 Å². The lowest BCUT2D eigenvalue weighted by atomic mass is 10.2. The lowest BCUT2D eigenvalue weighted by molar-refractivity contribution is 1.11. The van der Waals surface area contributed by atoms with Crippen LogP contribution in [0.25, 0.3) is 17.0 Å². The number of hydrogen-bond acceptors (Lipinski definition) is 3. The highest BCUT2D eigenvalue weighted by atomic mass is 79.9. The van der Waals surface area contributed by atoms with Gasteiger partial charge in [0.2, 0.25) is 0 Å². The highest BCUT2D eigenvalue weighted by Crippen LogP contribution is 2.27. The number of aromatic nitrogens is 3. The third-order valence-electron chi connectivity index (χ3n) is 2.55. The highest BCUT2D eigenvalue weighted by molar-refractivity contribution is 9.11. The molecule has 3 aromatic rings. The maximum atomic E-state index is 5.79. The molecule has 90 valence electrons. The second-order valence-electron chi connectivity index (χ2n) is 3.87. The van der Waals surface area contributed by atoms with Gasteiger partial charge in [0.1, 0.15) is 0 Å². The molecular weight excluding hydrogens is 360 g/mol. The summed E-state index contributed by atoms with van der Waals surface area (Å²) in [5.74, 6) is 0.763. The minimum atomic E-state index is 0.678. The number of nitrogens with zero attached hydrogens (tertiary/aromatic N) is 3. The minimum absolute atomic E-state index is 0.678. The quantitative estimate of drug-likeness (QED) is 0.716. The SMILES string of the molecule is Nc1ccc2nnc(-c3cc(Br)cc(Br)c3)n2c1. The molecule has 0 aliphatic rings. The topological polar surface area (TPSA) is 56.2 Å². The van der Waals surface area contributed by atoms with Crippen molar-refractivity contribution in [1.82, 2.24) is 14.6 Å². The maximum absolute atomic E-state index is 5.79. The number of fused-ring (bicyclic) bond motifs is 1. The van der Waals surface area contributed by atoms with Gasteiger partial charge in [-0.25, -0.2) is 0 Å². The molecule has 0 atom stereocenters. The summed E-state index contributed by atoms with van der Waals surface area (Å²) in [7, 11) is 0. The fourth-order valence-electron chi connectivity index (χ4n) is 1.79. The Hall–Kier alpha value is -1.40. The zero-order valence-electron chi connectivity index (χ0n) is 9.14. The van der Waals surface area contributed by atoms with Crippen molar-refractivity contribution < 1.29 is 0 Å². The van der Waals surface area contributed by atoms with Crippen LogP contribution in [0.2, 0.25) is 0 Å². The predicted octanol–water partition coefficient (Wildman–Crippen LogP) is 3.50. The second kappa shape index (κ2) is 4.37. The third kappa shape index (κ3) is 2.02. The fraction of sp³-hybridized carbons (Fsp3) is 0. The van der Waals surface area contributed by atoms with Crippen molar-refractivity contribution in [2.75, 3.05) is 5.73 Å². The van der Waals surface area contributed by atoms with Crippen LogP contribution in [0.15, 0.2) is 45.5 Å². The van der Waals surface area contributed by atoms with E-state index in [0.29, 0.717) is 5.69 Å². The molecule has 1 aromatic carbocycles. The molecule has 0 unspecified atom stereocenters. The number of benzene rings is 1. The Labute approximate surface area is 120 Å². The van der Waals surface area contributed by atoms with Crippen LogP contribution in [-0.4, -0.2) is 14.6 Å². The molecule has 0 fully saturated rings. The van der Waals surface area contributed by atoms with E-state index in [1.165, 1.54) is 0 Å². The Morgan fingerprint density at radius 2 is 1.72 bits per heavy atom. The summed E-state index contributed by atoms with van der Waals surface area (Å²) in [6.07, 6.45) is 1.82. The molecule has 0 aliphatic carbocycles. The normalized spacial score (nSPS) is 11.0. The summed E-state index contributed by atoms with van der Waals surface area (Å²) in [4.78, 5) is 0. The maximum Gasteiger partial charge on any atom is 0.168 e. The standard InChI is InChI=1S/C12H8Br2N4/c13-8-3-7(4-9(14)5-8)12-17-16-11-2-1-10(15)6-18(11)12/h1-6H,15H2. The van der Waals surface area contributed by atoms with Crippen LogP contribution in [0.4, 0.5) is 5.69 Å². The highest BCUT2D eigenvalue weighted by Gasteiger charge is 2.09. The molecule has 0 amide bonds. The average Bonchev–Trinajstić information content (AvgIpc) is 2.70. The lowest BCUT2D eigenvalue weighted by Crippen LogP contribution is -1.93. The number of nitrogens with two attached hydrogens (primary N) is 1. The van der Waals surface area contributed by atoms with E-state index >= 15 is 0 Å². The van der Waals surface area contributed by atoms with Crippen LogP contribution in [0, 0.1) is 0 Å². The predicted molar refractivity (Wildman–Crippen MR) is 78.2 cm³/mol. The molecule has 0 saturated heterocycles. The van der Waals surface area contributed by atoms with Gasteiger partial charge in [0, 0.05) is 26.4 Å². The van der Waals surface area contributed by atoms with Gasteiger partial charge in [-0.05, 0) is 30.3 Å². The molecule has 6 heteroatoms. The Kier molecular flexibility index (Phi) is 2.83. The third-order valence-corrected chi connectivity index (χ3v) is 3.46. The number of halogens is 2. The van der Waals surface area contributed by atoms with Gasteiger partial charge in [0.15, 0.2) is 11.5 Å². The fourth-order valence-corrected chi connectivity index (χ4v) is 3.08. The summed E-state index contributed by atoms with van der Waals surface area (Å²) >= 11 is 6.93. The van der Waals surface area contributed by atoms with Crippen molar-refractivity contribution >= 4 is 43.2 Å². The van der Waals surface area contributed by atoms with E-state index in [1.807, 2.05) is 40.9 Å². The van der Waals surface area contributed by atoms with Gasteiger partial charge < -0.3 is 5.73 Å². The second-order valence-corrected chi connectivity index (χ2v) is 5.70. The van der Waals surface area contributed by atoms with Crippen LogP contribution in [0.1, 0.15) is 0 Å². The molecule has 3 rings (SSSR count). The van der Waals surface area contributed by atoms with E-state index in [-0.39, 0.29) is 0 Å². The Balaban J connectivity index is 2.27. The van der Waals surface area contributed by atoms with E-state index in [2.05, 4.69) is 42.1 Å². The molecule has 0 bridgehead atoms. The van der Waals surface area contributed by atoms with Crippen LogP contribution >= 0.6 is 31.9 Å². The van der Waals surface area contributed by atoms with Crippen molar-refractivity contribution in [3.05, 3.63) is 45.5 Å². The zero-order valence-corrected chi connectivity index (χ0v) is 12.3. The summed E-state index contributed by atoms with van der Waals surface area (Å²) in [6, 6.07) is 9.61. The number of rotatable bonds is 1. The van der Waals surface area contributed by atoms with Crippen LogP contribution in [0.5, 0.6) is 0 Å². The van der Waals surface area contributed by atoms with Crippen molar-refractivity contribution in [1.29, 1.82) is 0 Å². The first-order chi connectivity index (χ1) is 8.63. The summed E-state index contributed by atoms with van der Waals surface area (Å²) in [5, 5.41) is 8.33. The molecular formula is C12H8Br2N4. The summed E-state index contributed by atoms with van der Waals surface area (Å²) < 4.78 is 3.84. The lowest BCUT2D eigenvalue weighted by Gasteiger charge is -2.03. The molecule has 2 N–H and O–H groups in total. The van der Waals surface area contributed by atoms with Gasteiger partial charge in [-0.1, -0.05) is 31.9 Å². The van der Waals surface area contributed by atoms with Gasteiger partial charge in [-0.2, -0.15) is 0 Å². The molecule has 4 nitrogen and oxygen atoms in total. The minimum Gasteiger partial charge on any atom is -0.398 e. The first-order valence-corrected chi connectivity index (χ1v) is 6.79. The molecule has 0 radical (unpaired) electrons. The Morgan fingerprint density at radius 3 is 2.44 bits per heavy atom. The van der Waals surface area contributed by atoms with E-state index in [4.69, 9.17) is 5.73 Å². The molecule has 0 spiro atoms. The number of anilines is 1. The van der Waals surface area contributed by atoms with Gasteiger partial charge in [-0.3, -0.25) is 4.40 Å². The van der Waals surface area contributed by atoms with E-state index in [9.17, 15) is 0 Å². The molecule has 0 aliphatic heterocycles. The van der Waals surface area contributed by atoms with E-state index in [0.717, 1.165) is 26.0 Å². The first kappa shape index (κ1) is 11.7. The number of hydrogen-bond donors (Lipinski definition) is 1. The van der Waals surface area contributed by atoms with Gasteiger partial charge in [0.05, 0.1) is 0 Å². The molecule has 0 saturated carbocycles. The largest absolute Gasteiger partial charge is 0.398 e. The van der Waals surface area contributed by atoms with Gasteiger partial charge >= 0.3 is 0 Å². The Morgan fingerprint density at radius 1 is 1.00 bits per heavy atom. The van der Waals surface area contributed by atoms with Gasteiger partial charge in [0.25, 0.3) is 0 Å². The van der Waals surface area contributed by atoms with Crippen LogP contribution in [0.3, 0.4) is 0 Å². The molecule has 18 heavy (non-hydrogen) atoms. The monoisotopic (exact) mass is 366 g/mol. The first-order valence-electron chi connectivity index (χ1n) is 5.20. The van der Waals surface area contributed by atoms with Crippen molar-refractivity contribution in [2.24, 2.45) is 0 Å². The Bertz CT molecular complexity index is 716. The van der Waals surface area contributed by atoms with E-state index < -0.39 is 0 Å². The van der Waals surface area contributed by atoms with Crippen LogP contribution in [-0.2, 0) is 0 Å². The summed E-state index contributed by atoms with van der Waals surface area (Å²) in [5.41, 5.74) is 8.21. The summed E-state index contributed by atoms with van der Waals surface area (Å²) in [6.45, 7) is 0. The van der Waals surface area contributed by atoms with E-state index in [1.54, 1.807) is 0 Å². The number of nitrogen functional groups attached to an aromatic ring is 1. The van der Waals surface area contributed by atoms with Crippen LogP contribution < -0.4 is 5.73 Å². The molecule has 2 heterocycles.